The molecule has 0 spiro atoms. The van der Waals surface area contributed by atoms with Crippen LogP contribution in [0.25, 0.3) is 5.70 Å². The number of allylic oxidation sites excluding steroid dienone is 6. The molecule has 1 aliphatic heterocycles. The molecular formula is C23H21N. The zero-order chi connectivity index (χ0) is 16.8. The minimum atomic E-state index is 0.120. The van der Waals surface area contributed by atoms with Gasteiger partial charge in [0, 0.05) is 5.70 Å². The van der Waals surface area contributed by atoms with Crippen molar-refractivity contribution in [3.63, 3.8) is 0 Å². The highest BCUT2D eigenvalue weighted by atomic mass is 14.9. The molecule has 1 nitrogen and oxygen atoms in total. The van der Waals surface area contributed by atoms with E-state index in [2.05, 4.69) is 79.2 Å². The summed E-state index contributed by atoms with van der Waals surface area (Å²) in [5.74, 6) is 0. The van der Waals surface area contributed by atoms with Gasteiger partial charge in [0.1, 0.15) is 0 Å². The third-order valence-electron chi connectivity index (χ3n) is 4.05. The van der Waals surface area contributed by atoms with Crippen LogP contribution in [0.3, 0.4) is 0 Å². The second-order valence-corrected chi connectivity index (χ2v) is 5.64. The minimum absolute atomic E-state index is 0.120. The lowest BCUT2D eigenvalue weighted by atomic mass is 9.93. The monoisotopic (exact) mass is 311 g/mol. The largest absolute Gasteiger partial charge is 0.374 e. The van der Waals surface area contributed by atoms with Crippen molar-refractivity contribution in [3.05, 3.63) is 126 Å². The van der Waals surface area contributed by atoms with Crippen LogP contribution in [-0.4, -0.2) is 0 Å². The fourth-order valence-electron chi connectivity index (χ4n) is 2.85. The molecule has 0 aromatic heterocycles. The van der Waals surface area contributed by atoms with Crippen LogP contribution in [-0.2, 0) is 0 Å². The first kappa shape index (κ1) is 15.8. The predicted molar refractivity (Wildman–Crippen MR) is 103 cm³/mol. The molecule has 0 aliphatic carbocycles. The molecule has 0 saturated heterocycles. The summed E-state index contributed by atoms with van der Waals surface area (Å²) < 4.78 is 0. The molecule has 118 valence electrons. The molecule has 0 fully saturated rings. The second kappa shape index (κ2) is 7.47. The summed E-state index contributed by atoms with van der Waals surface area (Å²) in [6.45, 7) is 7.75. The molecule has 3 rings (SSSR count). The molecule has 0 saturated carbocycles. The van der Waals surface area contributed by atoms with E-state index in [1.54, 1.807) is 6.08 Å². The fraction of sp³-hybridized carbons (Fsp3) is 0.0435. The average molecular weight is 311 g/mol. The number of rotatable bonds is 5. The molecule has 1 heterocycles. The van der Waals surface area contributed by atoms with Crippen molar-refractivity contribution in [3.8, 4) is 0 Å². The number of dihydropyridines is 1. The van der Waals surface area contributed by atoms with E-state index in [9.17, 15) is 0 Å². The maximum atomic E-state index is 3.94. The Hall–Kier alpha value is -3.06. The van der Waals surface area contributed by atoms with E-state index >= 15 is 0 Å². The SMILES string of the molecule is C=C/C=C(\C=C)C1=CC(c2ccccc2)NC(c2ccccc2)=C1. The smallest absolute Gasteiger partial charge is 0.0707 e. The number of hydrogen-bond donors (Lipinski definition) is 1. The first-order valence-electron chi connectivity index (χ1n) is 8.08. The molecule has 0 radical (unpaired) electrons. The topological polar surface area (TPSA) is 12.0 Å². The van der Waals surface area contributed by atoms with Crippen molar-refractivity contribution in [2.24, 2.45) is 0 Å². The molecule has 1 N–H and O–H groups in total. The van der Waals surface area contributed by atoms with Gasteiger partial charge in [0.05, 0.1) is 6.04 Å². The van der Waals surface area contributed by atoms with Crippen molar-refractivity contribution in [1.29, 1.82) is 0 Å². The van der Waals surface area contributed by atoms with Crippen molar-refractivity contribution < 1.29 is 0 Å². The summed E-state index contributed by atoms with van der Waals surface area (Å²) in [4.78, 5) is 0. The molecule has 2 aromatic rings. The lowest BCUT2D eigenvalue weighted by molar-refractivity contribution is 0.758. The molecule has 1 heteroatoms. The lowest BCUT2D eigenvalue weighted by Crippen LogP contribution is -2.22. The Bertz CT molecular complexity index is 808. The highest BCUT2D eigenvalue weighted by Crippen LogP contribution is 2.30. The van der Waals surface area contributed by atoms with Gasteiger partial charge in [-0.1, -0.05) is 92.0 Å². The van der Waals surface area contributed by atoms with E-state index < -0.39 is 0 Å². The van der Waals surface area contributed by atoms with Gasteiger partial charge in [0.2, 0.25) is 0 Å². The first-order chi connectivity index (χ1) is 11.8. The quantitative estimate of drug-likeness (QED) is 0.709. The fourth-order valence-corrected chi connectivity index (χ4v) is 2.85. The third kappa shape index (κ3) is 3.47. The normalized spacial score (nSPS) is 17.3. The molecule has 1 unspecified atom stereocenters. The summed E-state index contributed by atoms with van der Waals surface area (Å²) in [7, 11) is 0. The Labute approximate surface area is 144 Å². The van der Waals surface area contributed by atoms with Crippen LogP contribution >= 0.6 is 0 Å². The molecule has 2 aromatic carbocycles. The minimum Gasteiger partial charge on any atom is -0.374 e. The first-order valence-corrected chi connectivity index (χ1v) is 8.08. The zero-order valence-corrected chi connectivity index (χ0v) is 13.7. The standard InChI is InChI=1S/C23H21N/c1-3-11-18(4-2)21-16-22(19-12-7-5-8-13-19)24-23(17-21)20-14-9-6-10-15-20/h3-17,22,24H,1-2H2/b18-11+. The van der Waals surface area contributed by atoms with Crippen LogP contribution in [0.15, 0.2) is 115 Å². The van der Waals surface area contributed by atoms with Gasteiger partial charge in [-0.15, -0.1) is 0 Å². The van der Waals surface area contributed by atoms with E-state index in [1.165, 1.54) is 11.1 Å². The molecule has 0 bridgehead atoms. The summed E-state index contributed by atoms with van der Waals surface area (Å²) in [5, 5.41) is 3.63. The van der Waals surface area contributed by atoms with Gasteiger partial charge in [0.15, 0.2) is 0 Å². The Kier molecular flexibility index (Phi) is 4.93. The van der Waals surface area contributed by atoms with Gasteiger partial charge < -0.3 is 5.32 Å². The van der Waals surface area contributed by atoms with Gasteiger partial charge in [-0.3, -0.25) is 0 Å². The molecule has 0 amide bonds. The van der Waals surface area contributed by atoms with Gasteiger partial charge in [-0.25, -0.2) is 0 Å². The Morgan fingerprint density at radius 1 is 0.917 bits per heavy atom. The molecule has 1 atom stereocenters. The van der Waals surface area contributed by atoms with Crippen LogP contribution in [0.4, 0.5) is 0 Å². The van der Waals surface area contributed by atoms with E-state index in [0.717, 1.165) is 16.8 Å². The Balaban J connectivity index is 2.06. The second-order valence-electron chi connectivity index (χ2n) is 5.64. The predicted octanol–water partition coefficient (Wildman–Crippen LogP) is 5.60. The average Bonchev–Trinajstić information content (AvgIpc) is 2.67. The van der Waals surface area contributed by atoms with Crippen LogP contribution in [0.5, 0.6) is 0 Å². The Morgan fingerprint density at radius 3 is 2.21 bits per heavy atom. The summed E-state index contributed by atoms with van der Waals surface area (Å²) in [5.41, 5.74) is 5.74. The van der Waals surface area contributed by atoms with Crippen LogP contribution < -0.4 is 5.32 Å². The third-order valence-corrected chi connectivity index (χ3v) is 4.05. The molecular weight excluding hydrogens is 290 g/mol. The van der Waals surface area contributed by atoms with Crippen molar-refractivity contribution in [2.75, 3.05) is 0 Å². The van der Waals surface area contributed by atoms with E-state index in [0.29, 0.717) is 0 Å². The molecule has 1 aliphatic rings. The Morgan fingerprint density at radius 2 is 1.58 bits per heavy atom. The van der Waals surface area contributed by atoms with Gasteiger partial charge >= 0.3 is 0 Å². The van der Waals surface area contributed by atoms with Crippen LogP contribution in [0, 0.1) is 0 Å². The summed E-state index contributed by atoms with van der Waals surface area (Å²) in [6.07, 6.45) is 10.1. The number of nitrogens with one attached hydrogen (secondary N) is 1. The van der Waals surface area contributed by atoms with E-state index in [1.807, 2.05) is 24.3 Å². The highest BCUT2D eigenvalue weighted by molar-refractivity contribution is 5.72. The highest BCUT2D eigenvalue weighted by Gasteiger charge is 2.17. The maximum Gasteiger partial charge on any atom is 0.0707 e. The van der Waals surface area contributed by atoms with E-state index in [4.69, 9.17) is 0 Å². The summed E-state index contributed by atoms with van der Waals surface area (Å²) >= 11 is 0. The maximum absolute atomic E-state index is 3.94. The molecule has 24 heavy (non-hydrogen) atoms. The van der Waals surface area contributed by atoms with E-state index in [-0.39, 0.29) is 6.04 Å². The number of hydrogen-bond acceptors (Lipinski definition) is 1. The zero-order valence-electron chi connectivity index (χ0n) is 13.7. The van der Waals surface area contributed by atoms with Gasteiger partial charge in [-0.2, -0.15) is 0 Å². The lowest BCUT2D eigenvalue weighted by Gasteiger charge is -2.26. The van der Waals surface area contributed by atoms with Gasteiger partial charge in [-0.05, 0) is 34.4 Å². The van der Waals surface area contributed by atoms with Crippen LogP contribution in [0.1, 0.15) is 17.2 Å². The number of benzene rings is 2. The van der Waals surface area contributed by atoms with Crippen molar-refractivity contribution in [2.45, 2.75) is 6.04 Å². The van der Waals surface area contributed by atoms with Crippen molar-refractivity contribution in [1.82, 2.24) is 5.32 Å². The van der Waals surface area contributed by atoms with Gasteiger partial charge in [0.25, 0.3) is 0 Å². The summed E-state index contributed by atoms with van der Waals surface area (Å²) in [6, 6.07) is 21.0. The van der Waals surface area contributed by atoms with Crippen LogP contribution in [0.2, 0.25) is 0 Å². The van der Waals surface area contributed by atoms with Crippen molar-refractivity contribution >= 4 is 5.70 Å².